The minimum atomic E-state index is 0.0297. The fraction of sp³-hybridized carbons (Fsp3) is 0.611. The van der Waals surface area contributed by atoms with E-state index in [1.807, 2.05) is 6.07 Å². The average molecular weight is 376 g/mol. The van der Waals surface area contributed by atoms with Gasteiger partial charge >= 0.3 is 0 Å². The zero-order valence-corrected chi connectivity index (χ0v) is 15.6. The highest BCUT2D eigenvalue weighted by molar-refractivity contribution is 7.71. The fourth-order valence-corrected chi connectivity index (χ4v) is 3.69. The normalized spacial score (nSPS) is 20.7. The van der Waals surface area contributed by atoms with Crippen LogP contribution in [0.4, 0.5) is 5.69 Å². The van der Waals surface area contributed by atoms with Crippen LogP contribution < -0.4 is 4.90 Å². The van der Waals surface area contributed by atoms with Crippen LogP contribution in [-0.2, 0) is 14.3 Å². The molecule has 0 saturated carbocycles. The molecular weight excluding hydrogens is 352 g/mol. The summed E-state index contributed by atoms with van der Waals surface area (Å²) in [6.07, 6.45) is 3.87. The standard InChI is InChI=1S/C18H24N4O3S/c19-10-15-16(3-4-20-18(15)26)22-5-1-2-14(11-22)12-25-13-17(23)21-6-8-24-9-7-21/h3-4,14H,1-2,5-9,11-13H2,(H,20,26). The Balaban J connectivity index is 1.51. The van der Waals surface area contributed by atoms with Crippen LogP contribution in [-0.4, -0.2) is 68.4 Å². The summed E-state index contributed by atoms with van der Waals surface area (Å²) in [5.74, 6) is 0.368. The van der Waals surface area contributed by atoms with E-state index in [0.29, 0.717) is 49.0 Å². The lowest BCUT2D eigenvalue weighted by atomic mass is 9.98. The molecule has 0 aliphatic carbocycles. The number of nitriles is 1. The molecule has 1 aromatic rings. The molecule has 0 radical (unpaired) electrons. The number of nitrogens with zero attached hydrogens (tertiary/aromatic N) is 3. The Morgan fingerprint density at radius 1 is 1.42 bits per heavy atom. The lowest BCUT2D eigenvalue weighted by Crippen LogP contribution is -2.43. The first-order valence-corrected chi connectivity index (χ1v) is 9.40. The topological polar surface area (TPSA) is 81.6 Å². The van der Waals surface area contributed by atoms with Gasteiger partial charge < -0.3 is 24.3 Å². The van der Waals surface area contributed by atoms with Crippen molar-refractivity contribution in [1.82, 2.24) is 9.88 Å². The second-order valence-corrected chi connectivity index (χ2v) is 7.05. The van der Waals surface area contributed by atoms with Crippen LogP contribution in [0.25, 0.3) is 0 Å². The first-order chi connectivity index (χ1) is 12.7. The number of carbonyl (C=O) groups excluding carboxylic acids is 1. The molecule has 3 heterocycles. The number of ether oxygens (including phenoxy) is 2. The van der Waals surface area contributed by atoms with Gasteiger partial charge in [0.1, 0.15) is 22.9 Å². The van der Waals surface area contributed by atoms with E-state index in [0.717, 1.165) is 31.6 Å². The van der Waals surface area contributed by atoms with Gasteiger partial charge in [-0.2, -0.15) is 5.26 Å². The van der Waals surface area contributed by atoms with Gasteiger partial charge in [-0.3, -0.25) is 4.79 Å². The molecule has 140 valence electrons. The molecule has 1 N–H and O–H groups in total. The molecule has 0 bridgehead atoms. The SMILES string of the molecule is N#Cc1c(N2CCCC(COCC(=O)N3CCOCC3)C2)cc[nH]c1=S. The number of rotatable bonds is 5. The predicted octanol–water partition coefficient (Wildman–Crippen LogP) is 1.71. The van der Waals surface area contributed by atoms with Gasteiger partial charge in [0.25, 0.3) is 0 Å². The highest BCUT2D eigenvalue weighted by atomic mass is 32.1. The number of anilines is 1. The third kappa shape index (κ3) is 4.61. The number of morpholine rings is 1. The lowest BCUT2D eigenvalue weighted by Gasteiger charge is -2.34. The zero-order valence-electron chi connectivity index (χ0n) is 14.8. The Bertz CT molecular complexity index is 724. The number of hydrogen-bond donors (Lipinski definition) is 1. The van der Waals surface area contributed by atoms with Gasteiger partial charge in [0.2, 0.25) is 5.91 Å². The number of nitrogens with one attached hydrogen (secondary N) is 1. The molecule has 1 atom stereocenters. The van der Waals surface area contributed by atoms with E-state index in [2.05, 4.69) is 16.0 Å². The minimum Gasteiger partial charge on any atom is -0.378 e. The van der Waals surface area contributed by atoms with Crippen LogP contribution in [0.1, 0.15) is 18.4 Å². The molecule has 0 aromatic carbocycles. The zero-order chi connectivity index (χ0) is 18.4. The Hall–Kier alpha value is -1.95. The van der Waals surface area contributed by atoms with Gasteiger partial charge in [0.15, 0.2) is 0 Å². The maximum atomic E-state index is 12.1. The number of hydrogen-bond acceptors (Lipinski definition) is 6. The van der Waals surface area contributed by atoms with Crippen molar-refractivity contribution in [2.75, 3.05) is 57.5 Å². The summed E-state index contributed by atoms with van der Waals surface area (Å²) in [4.78, 5) is 19.0. The number of piperidine rings is 1. The van der Waals surface area contributed by atoms with E-state index >= 15 is 0 Å². The summed E-state index contributed by atoms with van der Waals surface area (Å²) < 4.78 is 11.4. The van der Waals surface area contributed by atoms with Gasteiger partial charge in [-0.15, -0.1) is 0 Å². The monoisotopic (exact) mass is 376 g/mol. The highest BCUT2D eigenvalue weighted by Gasteiger charge is 2.23. The van der Waals surface area contributed by atoms with E-state index < -0.39 is 0 Å². The van der Waals surface area contributed by atoms with E-state index in [1.54, 1.807) is 11.1 Å². The van der Waals surface area contributed by atoms with Crippen molar-refractivity contribution < 1.29 is 14.3 Å². The Kier molecular flexibility index (Phi) is 6.61. The third-order valence-electron chi connectivity index (χ3n) is 4.85. The summed E-state index contributed by atoms with van der Waals surface area (Å²) in [6, 6.07) is 4.10. The first-order valence-electron chi connectivity index (χ1n) is 8.99. The van der Waals surface area contributed by atoms with Gasteiger partial charge in [0.05, 0.1) is 25.5 Å². The molecule has 1 unspecified atom stereocenters. The van der Waals surface area contributed by atoms with Gasteiger partial charge in [0, 0.05) is 32.4 Å². The number of carbonyl (C=O) groups is 1. The summed E-state index contributed by atoms with van der Waals surface area (Å²) in [5, 5.41) is 9.38. The summed E-state index contributed by atoms with van der Waals surface area (Å²) in [5.41, 5.74) is 1.40. The lowest BCUT2D eigenvalue weighted by molar-refractivity contribution is -0.140. The smallest absolute Gasteiger partial charge is 0.248 e. The molecule has 3 rings (SSSR count). The molecular formula is C18H24N4O3S. The molecule has 0 spiro atoms. The summed E-state index contributed by atoms with van der Waals surface area (Å²) in [6.45, 7) is 4.87. The molecule has 2 aliphatic rings. The molecule has 2 saturated heterocycles. The molecule has 1 aromatic heterocycles. The van der Waals surface area contributed by atoms with Gasteiger partial charge in [-0.05, 0) is 24.8 Å². The maximum Gasteiger partial charge on any atom is 0.248 e. The van der Waals surface area contributed by atoms with Gasteiger partial charge in [-0.1, -0.05) is 12.2 Å². The molecule has 8 heteroatoms. The van der Waals surface area contributed by atoms with Crippen molar-refractivity contribution in [3.05, 3.63) is 22.5 Å². The van der Waals surface area contributed by atoms with Gasteiger partial charge in [-0.25, -0.2) is 0 Å². The van der Waals surface area contributed by atoms with Crippen molar-refractivity contribution in [3.8, 4) is 6.07 Å². The minimum absolute atomic E-state index is 0.0297. The number of aromatic amines is 1. The molecule has 26 heavy (non-hydrogen) atoms. The van der Waals surface area contributed by atoms with Crippen molar-refractivity contribution in [2.24, 2.45) is 5.92 Å². The van der Waals surface area contributed by atoms with Crippen LogP contribution in [0, 0.1) is 21.9 Å². The van der Waals surface area contributed by atoms with E-state index in [1.165, 1.54) is 0 Å². The summed E-state index contributed by atoms with van der Waals surface area (Å²) >= 11 is 5.22. The van der Waals surface area contributed by atoms with Crippen LogP contribution in [0.15, 0.2) is 12.3 Å². The fourth-order valence-electron chi connectivity index (χ4n) is 3.48. The molecule has 2 fully saturated rings. The summed E-state index contributed by atoms with van der Waals surface area (Å²) in [7, 11) is 0. The van der Waals surface area contributed by atoms with Crippen LogP contribution in [0.2, 0.25) is 0 Å². The molecule has 7 nitrogen and oxygen atoms in total. The molecule has 1 amide bonds. The van der Waals surface area contributed by atoms with Crippen LogP contribution >= 0.6 is 12.2 Å². The van der Waals surface area contributed by atoms with Crippen molar-refractivity contribution in [1.29, 1.82) is 5.26 Å². The first kappa shape index (κ1) is 18.8. The number of amides is 1. The Morgan fingerprint density at radius 3 is 3.00 bits per heavy atom. The highest BCUT2D eigenvalue weighted by Crippen LogP contribution is 2.26. The van der Waals surface area contributed by atoms with Crippen LogP contribution in [0.5, 0.6) is 0 Å². The Morgan fingerprint density at radius 2 is 2.23 bits per heavy atom. The number of pyridine rings is 1. The van der Waals surface area contributed by atoms with Crippen molar-refractivity contribution in [3.63, 3.8) is 0 Å². The van der Waals surface area contributed by atoms with Crippen molar-refractivity contribution in [2.45, 2.75) is 12.8 Å². The quantitative estimate of drug-likeness (QED) is 0.788. The average Bonchev–Trinajstić information content (AvgIpc) is 2.68. The number of H-pyrrole nitrogens is 1. The number of aromatic nitrogens is 1. The van der Waals surface area contributed by atoms with E-state index in [-0.39, 0.29) is 12.5 Å². The Labute approximate surface area is 158 Å². The predicted molar refractivity (Wildman–Crippen MR) is 99.5 cm³/mol. The molecule has 2 aliphatic heterocycles. The van der Waals surface area contributed by atoms with E-state index in [4.69, 9.17) is 21.7 Å². The second-order valence-electron chi connectivity index (χ2n) is 6.64. The third-order valence-corrected chi connectivity index (χ3v) is 5.18. The van der Waals surface area contributed by atoms with Crippen LogP contribution in [0.3, 0.4) is 0 Å². The maximum absolute atomic E-state index is 12.1. The second kappa shape index (κ2) is 9.12. The largest absolute Gasteiger partial charge is 0.378 e. The van der Waals surface area contributed by atoms with Crippen molar-refractivity contribution >= 4 is 23.8 Å². The van der Waals surface area contributed by atoms with E-state index in [9.17, 15) is 10.1 Å².